The van der Waals surface area contributed by atoms with Gasteiger partial charge in [-0.05, 0) is 18.9 Å². The predicted octanol–water partition coefficient (Wildman–Crippen LogP) is 3.63. The lowest BCUT2D eigenvalue weighted by Gasteiger charge is -2.18. The van der Waals surface area contributed by atoms with Crippen molar-refractivity contribution in [2.75, 3.05) is 0 Å². The van der Waals surface area contributed by atoms with Gasteiger partial charge in [-0.1, -0.05) is 18.6 Å². The second kappa shape index (κ2) is 3.90. The summed E-state index contributed by atoms with van der Waals surface area (Å²) in [4.78, 5) is 0. The van der Waals surface area contributed by atoms with Crippen molar-refractivity contribution in [1.29, 1.82) is 0 Å². The SMILES string of the molecule is CCC1=CC=C(OC(C)(F)F)CC1. The Hall–Kier alpha value is -0.860. The van der Waals surface area contributed by atoms with Crippen molar-refractivity contribution >= 4 is 0 Å². The molecular weight excluding hydrogens is 174 g/mol. The van der Waals surface area contributed by atoms with E-state index < -0.39 is 6.11 Å². The molecule has 1 nitrogen and oxygen atoms in total. The molecule has 0 amide bonds. The fourth-order valence-electron chi connectivity index (χ4n) is 1.27. The summed E-state index contributed by atoms with van der Waals surface area (Å²) < 4.78 is 29.3. The van der Waals surface area contributed by atoms with Crippen molar-refractivity contribution in [2.45, 2.75) is 39.2 Å². The highest BCUT2D eigenvalue weighted by atomic mass is 19.3. The predicted molar refractivity (Wildman–Crippen MR) is 47.4 cm³/mol. The number of halogens is 2. The van der Waals surface area contributed by atoms with E-state index in [1.54, 1.807) is 6.08 Å². The number of hydrogen-bond acceptors (Lipinski definition) is 1. The van der Waals surface area contributed by atoms with E-state index in [0.29, 0.717) is 12.2 Å². The van der Waals surface area contributed by atoms with Crippen LogP contribution in [0.15, 0.2) is 23.5 Å². The van der Waals surface area contributed by atoms with Crippen molar-refractivity contribution in [3.8, 4) is 0 Å². The third kappa shape index (κ3) is 3.57. The summed E-state index contributed by atoms with van der Waals surface area (Å²) in [5, 5.41) is 0. The van der Waals surface area contributed by atoms with Crippen LogP contribution in [-0.2, 0) is 4.74 Å². The molecule has 3 heteroatoms. The molecule has 0 bridgehead atoms. The van der Waals surface area contributed by atoms with Crippen LogP contribution in [0.1, 0.15) is 33.1 Å². The fraction of sp³-hybridized carbons (Fsp3) is 0.600. The maximum atomic E-state index is 12.4. The lowest BCUT2D eigenvalue weighted by atomic mass is 10.0. The van der Waals surface area contributed by atoms with Crippen LogP contribution in [0.2, 0.25) is 0 Å². The van der Waals surface area contributed by atoms with Crippen molar-refractivity contribution in [3.63, 3.8) is 0 Å². The Labute approximate surface area is 77.1 Å². The number of alkyl halides is 2. The minimum atomic E-state index is -3.05. The molecule has 1 rings (SSSR count). The normalized spacial score (nSPS) is 17.8. The molecule has 74 valence electrons. The van der Waals surface area contributed by atoms with Crippen molar-refractivity contribution in [1.82, 2.24) is 0 Å². The maximum absolute atomic E-state index is 12.4. The van der Waals surface area contributed by atoms with Crippen LogP contribution >= 0.6 is 0 Å². The minimum Gasteiger partial charge on any atom is -0.437 e. The van der Waals surface area contributed by atoms with Crippen LogP contribution in [0.3, 0.4) is 0 Å². The number of hydrogen-bond donors (Lipinski definition) is 0. The van der Waals surface area contributed by atoms with Crippen LogP contribution in [0.5, 0.6) is 0 Å². The quantitative estimate of drug-likeness (QED) is 0.657. The zero-order valence-electron chi connectivity index (χ0n) is 7.94. The Morgan fingerprint density at radius 2 is 2.08 bits per heavy atom. The van der Waals surface area contributed by atoms with Crippen LogP contribution < -0.4 is 0 Å². The van der Waals surface area contributed by atoms with Crippen LogP contribution in [0, 0.1) is 0 Å². The molecule has 0 heterocycles. The fourth-order valence-corrected chi connectivity index (χ4v) is 1.27. The van der Waals surface area contributed by atoms with Gasteiger partial charge in [0.1, 0.15) is 5.76 Å². The lowest BCUT2D eigenvalue weighted by Crippen LogP contribution is -2.15. The standard InChI is InChI=1S/C10H14F2O/c1-3-8-4-6-9(7-5-8)13-10(2,11)12/h4,6H,3,5,7H2,1-2H3. The van der Waals surface area contributed by atoms with Gasteiger partial charge < -0.3 is 4.74 Å². The first-order valence-corrected chi connectivity index (χ1v) is 4.46. The Balaban J connectivity index is 2.55. The van der Waals surface area contributed by atoms with E-state index in [-0.39, 0.29) is 0 Å². The van der Waals surface area contributed by atoms with Gasteiger partial charge in [0, 0.05) is 13.3 Å². The van der Waals surface area contributed by atoms with Gasteiger partial charge in [-0.3, -0.25) is 0 Å². The zero-order chi connectivity index (χ0) is 9.90. The summed E-state index contributed by atoms with van der Waals surface area (Å²) in [6.07, 6.45) is 2.85. The van der Waals surface area contributed by atoms with E-state index in [2.05, 4.69) is 11.7 Å². The van der Waals surface area contributed by atoms with E-state index in [4.69, 9.17) is 0 Å². The average Bonchev–Trinajstić information content (AvgIpc) is 2.03. The smallest absolute Gasteiger partial charge is 0.394 e. The molecule has 0 aliphatic heterocycles. The minimum absolute atomic E-state index is 0.379. The molecule has 0 radical (unpaired) electrons. The van der Waals surface area contributed by atoms with Crippen molar-refractivity contribution in [3.05, 3.63) is 23.5 Å². The second-order valence-electron chi connectivity index (χ2n) is 3.22. The van der Waals surface area contributed by atoms with Gasteiger partial charge in [0.15, 0.2) is 0 Å². The Bertz CT molecular complexity index is 236. The summed E-state index contributed by atoms with van der Waals surface area (Å²) in [5.41, 5.74) is 1.28. The first-order chi connectivity index (χ1) is 6.01. The molecule has 0 fully saturated rings. The van der Waals surface area contributed by atoms with Gasteiger partial charge in [0.25, 0.3) is 0 Å². The molecule has 1 aliphatic carbocycles. The molecule has 0 aromatic rings. The first kappa shape index (κ1) is 10.2. The average molecular weight is 188 g/mol. The van der Waals surface area contributed by atoms with Crippen LogP contribution in [0.4, 0.5) is 8.78 Å². The molecular formula is C10H14F2O. The highest BCUT2D eigenvalue weighted by Gasteiger charge is 2.24. The van der Waals surface area contributed by atoms with Gasteiger partial charge in [0.05, 0.1) is 0 Å². The molecule has 0 spiro atoms. The van der Waals surface area contributed by atoms with Gasteiger partial charge in [-0.15, -0.1) is 0 Å². The van der Waals surface area contributed by atoms with Gasteiger partial charge in [-0.25, -0.2) is 0 Å². The Kier molecular flexibility index (Phi) is 3.07. The number of allylic oxidation sites excluding steroid dienone is 4. The first-order valence-electron chi connectivity index (χ1n) is 4.46. The summed E-state index contributed by atoms with van der Waals surface area (Å²) in [7, 11) is 0. The Morgan fingerprint density at radius 3 is 2.46 bits per heavy atom. The molecule has 0 saturated heterocycles. The third-order valence-electron chi connectivity index (χ3n) is 1.96. The van der Waals surface area contributed by atoms with Gasteiger partial charge in [-0.2, -0.15) is 8.78 Å². The number of rotatable bonds is 3. The van der Waals surface area contributed by atoms with E-state index in [1.165, 1.54) is 5.57 Å². The van der Waals surface area contributed by atoms with Crippen LogP contribution in [-0.4, -0.2) is 6.11 Å². The Morgan fingerprint density at radius 1 is 1.38 bits per heavy atom. The van der Waals surface area contributed by atoms with Gasteiger partial charge >= 0.3 is 6.11 Å². The summed E-state index contributed by atoms with van der Waals surface area (Å²) in [6, 6.07) is 0. The summed E-state index contributed by atoms with van der Waals surface area (Å²) >= 11 is 0. The molecule has 0 atom stereocenters. The molecule has 0 aromatic heterocycles. The second-order valence-corrected chi connectivity index (χ2v) is 3.22. The molecule has 1 aliphatic rings. The van der Waals surface area contributed by atoms with E-state index in [9.17, 15) is 8.78 Å². The van der Waals surface area contributed by atoms with E-state index in [0.717, 1.165) is 19.8 Å². The molecule has 0 aromatic carbocycles. The lowest BCUT2D eigenvalue weighted by molar-refractivity contribution is -0.199. The van der Waals surface area contributed by atoms with Crippen molar-refractivity contribution in [2.24, 2.45) is 0 Å². The van der Waals surface area contributed by atoms with E-state index >= 15 is 0 Å². The zero-order valence-corrected chi connectivity index (χ0v) is 7.94. The highest BCUT2D eigenvalue weighted by molar-refractivity contribution is 5.20. The van der Waals surface area contributed by atoms with Crippen LogP contribution in [0.25, 0.3) is 0 Å². The summed E-state index contributed by atoms with van der Waals surface area (Å²) in [6.45, 7) is 2.81. The summed E-state index contributed by atoms with van der Waals surface area (Å²) in [5.74, 6) is 0.379. The largest absolute Gasteiger partial charge is 0.437 e. The highest BCUT2D eigenvalue weighted by Crippen LogP contribution is 2.26. The number of ether oxygens (including phenoxy) is 1. The monoisotopic (exact) mass is 188 g/mol. The molecule has 0 saturated carbocycles. The molecule has 13 heavy (non-hydrogen) atoms. The maximum Gasteiger partial charge on any atom is 0.394 e. The third-order valence-corrected chi connectivity index (χ3v) is 1.96. The van der Waals surface area contributed by atoms with Crippen molar-refractivity contribution < 1.29 is 13.5 Å². The van der Waals surface area contributed by atoms with E-state index in [1.807, 2.05) is 6.08 Å². The topological polar surface area (TPSA) is 9.23 Å². The van der Waals surface area contributed by atoms with Gasteiger partial charge in [0.2, 0.25) is 0 Å². The molecule has 0 N–H and O–H groups in total. The molecule has 0 unspecified atom stereocenters.